The van der Waals surface area contributed by atoms with Crippen LogP contribution >= 0.6 is 0 Å². The van der Waals surface area contributed by atoms with Crippen LogP contribution in [0.15, 0.2) is 12.3 Å². The smallest absolute Gasteiger partial charge is 0.311 e. The van der Waals surface area contributed by atoms with Gasteiger partial charge in [-0.1, -0.05) is 13.8 Å². The normalized spacial score (nSPS) is 11.3. The van der Waals surface area contributed by atoms with Gasteiger partial charge in [-0.2, -0.15) is 0 Å². The highest BCUT2D eigenvalue weighted by molar-refractivity contribution is 5.56. The van der Waals surface area contributed by atoms with Crippen LogP contribution in [-0.2, 0) is 0 Å². The Kier molecular flexibility index (Phi) is 4.61. The van der Waals surface area contributed by atoms with Crippen LogP contribution in [0, 0.1) is 22.5 Å². The van der Waals surface area contributed by atoms with Gasteiger partial charge in [0.05, 0.1) is 4.92 Å². The second-order valence-corrected chi connectivity index (χ2v) is 5.13. The van der Waals surface area contributed by atoms with E-state index in [1.54, 1.807) is 13.1 Å². The van der Waals surface area contributed by atoms with Crippen LogP contribution in [0.5, 0.6) is 0 Å². The van der Waals surface area contributed by atoms with Crippen molar-refractivity contribution in [2.24, 2.45) is 5.41 Å². The van der Waals surface area contributed by atoms with E-state index in [2.05, 4.69) is 10.3 Å². The van der Waals surface area contributed by atoms with Crippen molar-refractivity contribution in [3.8, 4) is 0 Å². The Labute approximate surface area is 106 Å². The highest BCUT2D eigenvalue weighted by Crippen LogP contribution is 2.25. The Morgan fingerprint density at radius 3 is 2.78 bits per heavy atom. The summed E-state index contributed by atoms with van der Waals surface area (Å²) in [6, 6.07) is 1.49. The van der Waals surface area contributed by atoms with Crippen LogP contribution in [-0.4, -0.2) is 28.2 Å². The Balaban J connectivity index is 2.82. The van der Waals surface area contributed by atoms with E-state index in [9.17, 15) is 10.1 Å². The van der Waals surface area contributed by atoms with Gasteiger partial charge in [0.15, 0.2) is 0 Å². The van der Waals surface area contributed by atoms with Crippen LogP contribution in [0.4, 0.5) is 11.5 Å². The van der Waals surface area contributed by atoms with Crippen LogP contribution in [0.25, 0.3) is 0 Å². The summed E-state index contributed by atoms with van der Waals surface area (Å²) in [6.45, 7) is 6.34. The summed E-state index contributed by atoms with van der Waals surface area (Å²) in [5.74, 6) is 0.275. The van der Waals surface area contributed by atoms with Crippen molar-refractivity contribution in [1.82, 2.24) is 4.98 Å². The average molecular weight is 253 g/mol. The molecule has 1 heterocycles. The molecule has 1 rings (SSSR count). The maximum atomic E-state index is 10.9. The first-order valence-electron chi connectivity index (χ1n) is 5.81. The predicted molar refractivity (Wildman–Crippen MR) is 69.6 cm³/mol. The first-order valence-corrected chi connectivity index (χ1v) is 5.81. The van der Waals surface area contributed by atoms with Gasteiger partial charge in [-0.3, -0.25) is 10.1 Å². The highest BCUT2D eigenvalue weighted by atomic mass is 16.6. The second-order valence-electron chi connectivity index (χ2n) is 5.13. The fourth-order valence-corrected chi connectivity index (χ4v) is 1.54. The Hall–Kier alpha value is -1.69. The number of nitrogens with zero attached hydrogens (tertiary/aromatic N) is 2. The van der Waals surface area contributed by atoms with Gasteiger partial charge in [0.25, 0.3) is 0 Å². The zero-order valence-electron chi connectivity index (χ0n) is 10.9. The maximum absolute atomic E-state index is 10.9. The van der Waals surface area contributed by atoms with E-state index >= 15 is 0 Å². The monoisotopic (exact) mass is 253 g/mol. The lowest BCUT2D eigenvalue weighted by Gasteiger charge is -2.24. The highest BCUT2D eigenvalue weighted by Gasteiger charge is 2.20. The van der Waals surface area contributed by atoms with Gasteiger partial charge in [0, 0.05) is 25.4 Å². The van der Waals surface area contributed by atoms with E-state index < -0.39 is 4.92 Å². The molecule has 0 saturated carbocycles. The van der Waals surface area contributed by atoms with Gasteiger partial charge < -0.3 is 10.4 Å². The van der Waals surface area contributed by atoms with E-state index in [0.29, 0.717) is 13.0 Å². The zero-order valence-corrected chi connectivity index (χ0v) is 10.9. The van der Waals surface area contributed by atoms with Gasteiger partial charge in [-0.05, 0) is 24.3 Å². The van der Waals surface area contributed by atoms with Crippen LogP contribution in [0.3, 0.4) is 0 Å². The van der Waals surface area contributed by atoms with Gasteiger partial charge in [0.2, 0.25) is 5.82 Å². The van der Waals surface area contributed by atoms with Crippen molar-refractivity contribution in [3.05, 3.63) is 27.9 Å². The lowest BCUT2D eigenvalue weighted by molar-refractivity contribution is -0.384. The molecule has 1 aromatic heterocycles. The molecule has 0 unspecified atom stereocenters. The molecule has 0 bridgehead atoms. The molecule has 0 atom stereocenters. The number of nitrogens with one attached hydrogen (secondary N) is 1. The van der Waals surface area contributed by atoms with Crippen LogP contribution in [0.2, 0.25) is 0 Å². The number of pyridine rings is 1. The van der Waals surface area contributed by atoms with Gasteiger partial charge in [-0.25, -0.2) is 4.98 Å². The fraction of sp³-hybridized carbons (Fsp3) is 0.583. The second kappa shape index (κ2) is 5.77. The van der Waals surface area contributed by atoms with Gasteiger partial charge in [0.1, 0.15) is 0 Å². The minimum atomic E-state index is -0.443. The maximum Gasteiger partial charge on any atom is 0.311 e. The Bertz CT molecular complexity index is 433. The number of hydrogen-bond acceptors (Lipinski definition) is 5. The van der Waals surface area contributed by atoms with Crippen molar-refractivity contribution in [3.63, 3.8) is 0 Å². The summed E-state index contributed by atoms with van der Waals surface area (Å²) in [5.41, 5.74) is 0.589. The van der Waals surface area contributed by atoms with E-state index in [0.717, 1.165) is 5.56 Å². The lowest BCUT2D eigenvalue weighted by Crippen LogP contribution is -2.25. The molecule has 2 N–H and O–H groups in total. The number of aliphatic hydroxyl groups is 1. The van der Waals surface area contributed by atoms with Crippen molar-refractivity contribution in [1.29, 1.82) is 0 Å². The summed E-state index contributed by atoms with van der Waals surface area (Å²) in [6.07, 6.45) is 2.22. The van der Waals surface area contributed by atoms with E-state index in [1.807, 2.05) is 13.8 Å². The summed E-state index contributed by atoms with van der Waals surface area (Å²) < 4.78 is 0. The van der Waals surface area contributed by atoms with Crippen molar-refractivity contribution < 1.29 is 10.0 Å². The molecule has 6 nitrogen and oxygen atoms in total. The van der Waals surface area contributed by atoms with Gasteiger partial charge >= 0.3 is 5.69 Å². The minimum absolute atomic E-state index is 0.0187. The first kappa shape index (κ1) is 14.4. The lowest BCUT2D eigenvalue weighted by atomic mass is 9.90. The summed E-state index contributed by atoms with van der Waals surface area (Å²) >= 11 is 0. The van der Waals surface area contributed by atoms with E-state index in [1.165, 1.54) is 6.07 Å². The molecule has 0 spiro atoms. The Morgan fingerprint density at radius 2 is 2.22 bits per heavy atom. The number of aliphatic hydroxyl groups excluding tert-OH is 1. The third-order valence-electron chi connectivity index (χ3n) is 2.72. The average Bonchev–Trinajstić information content (AvgIpc) is 2.27. The number of nitro groups is 1. The molecule has 18 heavy (non-hydrogen) atoms. The number of hydrogen-bond donors (Lipinski definition) is 2. The molecule has 0 radical (unpaired) electrons. The van der Waals surface area contributed by atoms with Crippen LogP contribution < -0.4 is 5.32 Å². The molecule has 0 aliphatic heterocycles. The van der Waals surface area contributed by atoms with Crippen molar-refractivity contribution in [2.45, 2.75) is 27.2 Å². The van der Waals surface area contributed by atoms with Crippen molar-refractivity contribution in [2.75, 3.05) is 18.5 Å². The summed E-state index contributed by atoms with van der Waals surface area (Å²) in [4.78, 5) is 14.5. The molecule has 100 valence electrons. The first-order chi connectivity index (χ1) is 8.35. The number of aryl methyl sites for hydroxylation is 1. The molecule has 0 aliphatic rings. The molecule has 0 aromatic carbocycles. The third-order valence-corrected chi connectivity index (χ3v) is 2.72. The minimum Gasteiger partial charge on any atom is -0.396 e. The summed E-state index contributed by atoms with van der Waals surface area (Å²) in [7, 11) is 0. The molecule has 0 aliphatic carbocycles. The third kappa shape index (κ3) is 3.96. The number of anilines is 1. The van der Waals surface area contributed by atoms with Gasteiger partial charge in [-0.15, -0.1) is 0 Å². The number of rotatable bonds is 6. The molecule has 0 amide bonds. The molecule has 6 heteroatoms. The molecular weight excluding hydrogens is 234 g/mol. The predicted octanol–water partition coefficient (Wildman–Crippen LogP) is 2.12. The zero-order chi connectivity index (χ0) is 13.8. The fourth-order valence-electron chi connectivity index (χ4n) is 1.54. The summed E-state index contributed by atoms with van der Waals surface area (Å²) in [5, 5.41) is 22.8. The van der Waals surface area contributed by atoms with Crippen molar-refractivity contribution >= 4 is 11.5 Å². The number of aromatic nitrogens is 1. The Morgan fingerprint density at radius 1 is 1.56 bits per heavy atom. The van der Waals surface area contributed by atoms with Crippen LogP contribution in [0.1, 0.15) is 25.8 Å². The van der Waals surface area contributed by atoms with E-state index in [-0.39, 0.29) is 23.5 Å². The topological polar surface area (TPSA) is 88.3 Å². The molecular formula is C12H19N3O3. The van der Waals surface area contributed by atoms with E-state index in [4.69, 9.17) is 5.11 Å². The molecule has 0 fully saturated rings. The molecule has 1 aromatic rings. The SMILES string of the molecule is Cc1cnc(NCC(C)(C)CCO)c([N+](=O)[O-])c1. The molecule has 0 saturated heterocycles. The standard InChI is InChI=1S/C12H19N3O3/c1-9-6-10(15(17)18)11(13-7-9)14-8-12(2,3)4-5-16/h6-7,16H,4-5,8H2,1-3H3,(H,13,14). The quantitative estimate of drug-likeness (QED) is 0.598. The largest absolute Gasteiger partial charge is 0.396 e.